The number of rotatable bonds is 0. The largest absolute Gasteiger partial charge is 0.306 e. The van der Waals surface area contributed by atoms with E-state index in [1.54, 1.807) is 0 Å². The summed E-state index contributed by atoms with van der Waals surface area (Å²) in [5.74, 6) is 0. The highest BCUT2D eigenvalue weighted by Crippen LogP contribution is 2.32. The van der Waals surface area contributed by atoms with Gasteiger partial charge in [0.2, 0.25) is 0 Å². The normalized spacial score (nSPS) is 28.3. The van der Waals surface area contributed by atoms with E-state index in [-0.39, 0.29) is 0 Å². The average Bonchev–Trinajstić information content (AvgIpc) is 1.78. The van der Waals surface area contributed by atoms with Gasteiger partial charge in [-0.15, -0.1) is 23.2 Å². The molecule has 3 heteroatoms. The summed E-state index contributed by atoms with van der Waals surface area (Å²) >= 11 is 11.8. The zero-order valence-corrected chi connectivity index (χ0v) is 7.04. The molecule has 1 saturated heterocycles. The van der Waals surface area contributed by atoms with Crippen molar-refractivity contribution in [3.63, 3.8) is 0 Å². The van der Waals surface area contributed by atoms with Crippen molar-refractivity contribution in [2.75, 3.05) is 20.1 Å². The second-order valence-electron chi connectivity index (χ2n) is 2.66. The Balaban J connectivity index is 2.35. The van der Waals surface area contributed by atoms with Crippen LogP contribution in [0.4, 0.5) is 0 Å². The molecule has 1 fully saturated rings. The lowest BCUT2D eigenvalue weighted by Crippen LogP contribution is -2.35. The molecule has 54 valence electrons. The number of alkyl halides is 2. The van der Waals surface area contributed by atoms with Crippen LogP contribution in [0.25, 0.3) is 0 Å². The number of halogens is 2. The highest BCUT2D eigenvalue weighted by atomic mass is 35.5. The minimum absolute atomic E-state index is 0.438. The topological polar surface area (TPSA) is 3.24 Å². The molecule has 0 atom stereocenters. The second kappa shape index (κ2) is 2.65. The maximum absolute atomic E-state index is 5.88. The van der Waals surface area contributed by atoms with E-state index in [0.29, 0.717) is 0 Å². The molecule has 0 unspecified atom stereocenters. The predicted molar refractivity (Wildman–Crippen MR) is 41.2 cm³/mol. The third-order valence-electron chi connectivity index (χ3n) is 1.72. The van der Waals surface area contributed by atoms with E-state index in [0.717, 1.165) is 25.9 Å². The van der Waals surface area contributed by atoms with E-state index in [4.69, 9.17) is 23.2 Å². The highest BCUT2D eigenvalue weighted by molar-refractivity contribution is 6.48. The maximum atomic E-state index is 5.88. The van der Waals surface area contributed by atoms with Crippen molar-refractivity contribution in [3.05, 3.63) is 0 Å². The van der Waals surface area contributed by atoms with Gasteiger partial charge in [0.25, 0.3) is 0 Å². The van der Waals surface area contributed by atoms with Crippen LogP contribution in [0.5, 0.6) is 0 Å². The SMILES string of the molecule is CN1CCC(Cl)(Cl)CC1. The first-order valence-corrected chi connectivity index (χ1v) is 3.92. The van der Waals surface area contributed by atoms with Gasteiger partial charge in [0.05, 0.1) is 0 Å². The zero-order chi connectivity index (χ0) is 6.91. The van der Waals surface area contributed by atoms with E-state index in [9.17, 15) is 0 Å². The van der Waals surface area contributed by atoms with Crippen molar-refractivity contribution < 1.29 is 0 Å². The summed E-state index contributed by atoms with van der Waals surface area (Å²) in [5, 5.41) is 0. The highest BCUT2D eigenvalue weighted by Gasteiger charge is 2.28. The summed E-state index contributed by atoms with van der Waals surface area (Å²) in [6, 6.07) is 0. The smallest absolute Gasteiger partial charge is 0.120 e. The molecule has 0 aromatic heterocycles. The van der Waals surface area contributed by atoms with E-state index in [2.05, 4.69) is 11.9 Å². The first kappa shape index (κ1) is 7.64. The molecule has 1 nitrogen and oxygen atoms in total. The van der Waals surface area contributed by atoms with Crippen LogP contribution in [0, 0.1) is 0 Å². The Morgan fingerprint density at radius 3 is 2.00 bits per heavy atom. The molecule has 1 aliphatic rings. The number of hydrogen-bond acceptors (Lipinski definition) is 1. The van der Waals surface area contributed by atoms with Crippen LogP contribution in [0.2, 0.25) is 0 Å². The summed E-state index contributed by atoms with van der Waals surface area (Å²) in [4.78, 5) is 2.24. The molecule has 0 saturated carbocycles. The van der Waals surface area contributed by atoms with Crippen LogP contribution in [0.3, 0.4) is 0 Å². The Kier molecular flexibility index (Phi) is 2.25. The third kappa shape index (κ3) is 2.32. The van der Waals surface area contributed by atoms with Gasteiger partial charge in [-0.05, 0) is 19.9 Å². The Labute approximate surface area is 65.9 Å². The van der Waals surface area contributed by atoms with Crippen LogP contribution >= 0.6 is 23.2 Å². The van der Waals surface area contributed by atoms with Gasteiger partial charge in [-0.1, -0.05) is 0 Å². The maximum Gasteiger partial charge on any atom is 0.120 e. The number of hydrogen-bond donors (Lipinski definition) is 0. The first-order valence-electron chi connectivity index (χ1n) is 3.16. The number of nitrogens with zero attached hydrogens (tertiary/aromatic N) is 1. The van der Waals surface area contributed by atoms with Gasteiger partial charge in [-0.25, -0.2) is 0 Å². The van der Waals surface area contributed by atoms with E-state index < -0.39 is 4.33 Å². The van der Waals surface area contributed by atoms with E-state index in [1.807, 2.05) is 0 Å². The zero-order valence-electron chi connectivity index (χ0n) is 5.53. The van der Waals surface area contributed by atoms with Crippen LogP contribution in [-0.2, 0) is 0 Å². The van der Waals surface area contributed by atoms with Gasteiger partial charge in [0.1, 0.15) is 4.33 Å². The molecule has 1 rings (SSSR count). The Morgan fingerprint density at radius 2 is 1.67 bits per heavy atom. The van der Waals surface area contributed by atoms with Crippen molar-refractivity contribution in [3.8, 4) is 0 Å². The molecule has 0 aliphatic carbocycles. The van der Waals surface area contributed by atoms with Gasteiger partial charge in [0.15, 0.2) is 0 Å². The van der Waals surface area contributed by atoms with Crippen molar-refractivity contribution >= 4 is 23.2 Å². The van der Waals surface area contributed by atoms with Crippen LogP contribution in [0.15, 0.2) is 0 Å². The summed E-state index contributed by atoms with van der Waals surface area (Å²) < 4.78 is -0.438. The molecule has 0 N–H and O–H groups in total. The third-order valence-corrected chi connectivity index (χ3v) is 2.47. The lowest BCUT2D eigenvalue weighted by Gasteiger charge is -2.30. The molecule has 1 heterocycles. The Bertz CT molecular complexity index is 93.2. The first-order chi connectivity index (χ1) is 4.10. The van der Waals surface area contributed by atoms with Gasteiger partial charge < -0.3 is 4.90 Å². The fourth-order valence-corrected chi connectivity index (χ4v) is 1.28. The Hall–Kier alpha value is 0.540. The van der Waals surface area contributed by atoms with Crippen LogP contribution < -0.4 is 0 Å². The predicted octanol–water partition coefficient (Wildman–Crippen LogP) is 1.89. The van der Waals surface area contributed by atoms with Gasteiger partial charge in [-0.2, -0.15) is 0 Å². The van der Waals surface area contributed by atoms with Crippen molar-refractivity contribution in [2.24, 2.45) is 0 Å². The van der Waals surface area contributed by atoms with Crippen molar-refractivity contribution in [2.45, 2.75) is 17.2 Å². The monoisotopic (exact) mass is 167 g/mol. The molecule has 0 amide bonds. The summed E-state index contributed by atoms with van der Waals surface area (Å²) in [7, 11) is 2.09. The molecular formula is C6H11Cl2N. The molecule has 1 aliphatic heterocycles. The molecule has 9 heavy (non-hydrogen) atoms. The Morgan fingerprint density at radius 1 is 1.22 bits per heavy atom. The fourth-order valence-electron chi connectivity index (χ4n) is 0.946. The van der Waals surface area contributed by atoms with Gasteiger partial charge in [-0.3, -0.25) is 0 Å². The lowest BCUT2D eigenvalue weighted by atomic mass is 10.1. The second-order valence-corrected chi connectivity index (χ2v) is 4.30. The molecule has 0 radical (unpaired) electrons. The van der Waals surface area contributed by atoms with Crippen LogP contribution in [0.1, 0.15) is 12.8 Å². The minimum Gasteiger partial charge on any atom is -0.306 e. The quantitative estimate of drug-likeness (QED) is 0.499. The molecule has 0 bridgehead atoms. The van der Waals surface area contributed by atoms with Gasteiger partial charge >= 0.3 is 0 Å². The minimum atomic E-state index is -0.438. The number of likely N-dealkylation sites (tertiary alicyclic amines) is 1. The average molecular weight is 168 g/mol. The molecule has 0 aromatic carbocycles. The summed E-state index contributed by atoms with van der Waals surface area (Å²) in [6.07, 6.45) is 1.79. The van der Waals surface area contributed by atoms with Crippen molar-refractivity contribution in [1.29, 1.82) is 0 Å². The van der Waals surface area contributed by atoms with E-state index >= 15 is 0 Å². The molecule has 0 aromatic rings. The summed E-state index contributed by atoms with van der Waals surface area (Å²) in [5.41, 5.74) is 0. The summed E-state index contributed by atoms with van der Waals surface area (Å²) in [6.45, 7) is 2.04. The standard InChI is InChI=1S/C6H11Cl2N/c1-9-4-2-6(7,8)3-5-9/h2-5H2,1H3. The lowest BCUT2D eigenvalue weighted by molar-refractivity contribution is 0.268. The van der Waals surface area contributed by atoms with Crippen LogP contribution in [-0.4, -0.2) is 29.4 Å². The van der Waals surface area contributed by atoms with E-state index in [1.165, 1.54) is 0 Å². The fraction of sp³-hybridized carbons (Fsp3) is 1.00. The number of piperidine rings is 1. The molecule has 0 spiro atoms. The van der Waals surface area contributed by atoms with Gasteiger partial charge in [0, 0.05) is 13.1 Å². The molecular weight excluding hydrogens is 157 g/mol. The van der Waals surface area contributed by atoms with Crippen molar-refractivity contribution in [1.82, 2.24) is 4.90 Å².